The summed E-state index contributed by atoms with van der Waals surface area (Å²) in [5.41, 5.74) is 2.32. The van der Waals surface area contributed by atoms with Crippen molar-refractivity contribution in [3.05, 3.63) is 65.7 Å². The van der Waals surface area contributed by atoms with Crippen molar-refractivity contribution in [1.82, 2.24) is 15.1 Å². The Morgan fingerprint density at radius 3 is 2.34 bits per heavy atom. The second-order valence-corrected chi connectivity index (χ2v) is 7.09. The fraction of sp³-hybridized carbons (Fsp3) is 0.318. The molecule has 2 aromatic carbocycles. The molecule has 0 aliphatic carbocycles. The average Bonchev–Trinajstić information content (AvgIpc) is 2.73. The summed E-state index contributed by atoms with van der Waals surface area (Å²) in [7, 11) is 0. The molecule has 0 atom stereocenters. The molecule has 0 bridgehead atoms. The molecule has 3 rings (SSSR count). The highest BCUT2D eigenvalue weighted by Crippen LogP contribution is 2.11. The molecule has 3 amide bonds. The van der Waals surface area contributed by atoms with E-state index in [1.54, 1.807) is 29.2 Å². The van der Waals surface area contributed by atoms with E-state index in [-0.39, 0.29) is 24.3 Å². The number of ketones is 1. The van der Waals surface area contributed by atoms with Crippen LogP contribution in [0.5, 0.6) is 0 Å². The second kappa shape index (κ2) is 9.84. The third kappa shape index (κ3) is 6.15. The van der Waals surface area contributed by atoms with E-state index in [0.717, 1.165) is 19.6 Å². The highest BCUT2D eigenvalue weighted by atomic mass is 16.2. The van der Waals surface area contributed by atoms with Crippen molar-refractivity contribution in [3.8, 4) is 0 Å². The van der Waals surface area contributed by atoms with Gasteiger partial charge in [0.1, 0.15) is 0 Å². The number of hydrogen-bond acceptors (Lipinski definition) is 4. The SMILES string of the molecule is CC(=O)c1cccc(NC(=O)CNC(=O)N2CCN(Cc3ccccc3)CC2)c1. The smallest absolute Gasteiger partial charge is 0.317 e. The van der Waals surface area contributed by atoms with Gasteiger partial charge in [-0.1, -0.05) is 42.5 Å². The predicted molar refractivity (Wildman–Crippen MR) is 112 cm³/mol. The van der Waals surface area contributed by atoms with Crippen LogP contribution in [0.3, 0.4) is 0 Å². The summed E-state index contributed by atoms with van der Waals surface area (Å²) < 4.78 is 0. The van der Waals surface area contributed by atoms with Crippen LogP contribution in [-0.4, -0.2) is 60.2 Å². The number of nitrogens with zero attached hydrogens (tertiary/aromatic N) is 2. The van der Waals surface area contributed by atoms with Crippen LogP contribution in [0.4, 0.5) is 10.5 Å². The van der Waals surface area contributed by atoms with Gasteiger partial charge in [-0.05, 0) is 24.6 Å². The van der Waals surface area contributed by atoms with Crippen LogP contribution in [0.15, 0.2) is 54.6 Å². The van der Waals surface area contributed by atoms with Gasteiger partial charge < -0.3 is 15.5 Å². The zero-order valence-corrected chi connectivity index (χ0v) is 16.6. The summed E-state index contributed by atoms with van der Waals surface area (Å²) in [6.07, 6.45) is 0. The first-order valence-corrected chi connectivity index (χ1v) is 9.71. The molecular formula is C22H26N4O3. The molecule has 1 aliphatic heterocycles. The topological polar surface area (TPSA) is 81.8 Å². The van der Waals surface area contributed by atoms with Crippen LogP contribution in [0.25, 0.3) is 0 Å². The molecule has 0 unspecified atom stereocenters. The summed E-state index contributed by atoms with van der Waals surface area (Å²) in [6, 6.07) is 16.7. The van der Waals surface area contributed by atoms with Crippen molar-refractivity contribution in [2.45, 2.75) is 13.5 Å². The lowest BCUT2D eigenvalue weighted by molar-refractivity contribution is -0.115. The van der Waals surface area contributed by atoms with E-state index in [1.807, 2.05) is 18.2 Å². The third-order valence-corrected chi connectivity index (χ3v) is 4.86. The van der Waals surface area contributed by atoms with Gasteiger partial charge in [0, 0.05) is 44.0 Å². The van der Waals surface area contributed by atoms with Crippen LogP contribution in [-0.2, 0) is 11.3 Å². The van der Waals surface area contributed by atoms with E-state index in [2.05, 4.69) is 27.7 Å². The molecule has 7 nitrogen and oxygen atoms in total. The minimum absolute atomic E-state index is 0.0687. The van der Waals surface area contributed by atoms with Crippen LogP contribution in [0.2, 0.25) is 0 Å². The fourth-order valence-corrected chi connectivity index (χ4v) is 3.24. The van der Waals surface area contributed by atoms with Crippen molar-refractivity contribution >= 4 is 23.4 Å². The number of Topliss-reactive ketones (excluding diaryl/α,β-unsaturated/α-hetero) is 1. The fourth-order valence-electron chi connectivity index (χ4n) is 3.24. The van der Waals surface area contributed by atoms with Crippen LogP contribution in [0.1, 0.15) is 22.8 Å². The Morgan fingerprint density at radius 1 is 0.931 bits per heavy atom. The molecule has 0 radical (unpaired) electrons. The van der Waals surface area contributed by atoms with E-state index >= 15 is 0 Å². The van der Waals surface area contributed by atoms with Crippen molar-refractivity contribution in [2.75, 3.05) is 38.0 Å². The second-order valence-electron chi connectivity index (χ2n) is 7.09. The molecule has 2 N–H and O–H groups in total. The minimum atomic E-state index is -0.332. The first-order chi connectivity index (χ1) is 14.0. The molecule has 1 fully saturated rings. The van der Waals surface area contributed by atoms with E-state index in [1.165, 1.54) is 12.5 Å². The van der Waals surface area contributed by atoms with Crippen molar-refractivity contribution < 1.29 is 14.4 Å². The first kappa shape index (κ1) is 20.5. The zero-order valence-electron chi connectivity index (χ0n) is 16.6. The summed E-state index contributed by atoms with van der Waals surface area (Å²) in [4.78, 5) is 39.9. The number of benzene rings is 2. The lowest BCUT2D eigenvalue weighted by Gasteiger charge is -2.34. The third-order valence-electron chi connectivity index (χ3n) is 4.86. The maximum absolute atomic E-state index is 12.3. The van der Waals surface area contributed by atoms with Gasteiger partial charge in [-0.25, -0.2) is 4.79 Å². The van der Waals surface area contributed by atoms with Crippen LogP contribution in [0, 0.1) is 0 Å². The normalized spacial score (nSPS) is 14.3. The monoisotopic (exact) mass is 394 g/mol. The number of piperazine rings is 1. The van der Waals surface area contributed by atoms with Gasteiger partial charge >= 0.3 is 6.03 Å². The Morgan fingerprint density at radius 2 is 1.66 bits per heavy atom. The zero-order chi connectivity index (χ0) is 20.6. The largest absolute Gasteiger partial charge is 0.329 e. The molecule has 1 aliphatic rings. The van der Waals surface area contributed by atoms with E-state index in [9.17, 15) is 14.4 Å². The molecule has 0 spiro atoms. The Labute approximate surface area is 170 Å². The lowest BCUT2D eigenvalue weighted by Crippen LogP contribution is -2.52. The number of amides is 3. The van der Waals surface area contributed by atoms with Gasteiger partial charge in [0.15, 0.2) is 5.78 Å². The van der Waals surface area contributed by atoms with E-state index in [4.69, 9.17) is 0 Å². The molecule has 0 saturated carbocycles. The Bertz CT molecular complexity index is 861. The summed E-state index contributed by atoms with van der Waals surface area (Å²) in [5, 5.41) is 5.36. The highest BCUT2D eigenvalue weighted by Gasteiger charge is 2.21. The molecule has 1 heterocycles. The lowest BCUT2D eigenvalue weighted by atomic mass is 10.1. The number of nitrogens with one attached hydrogen (secondary N) is 2. The summed E-state index contributed by atoms with van der Waals surface area (Å²) in [5.74, 6) is -0.400. The minimum Gasteiger partial charge on any atom is -0.329 e. The average molecular weight is 394 g/mol. The molecule has 7 heteroatoms. The Hall–Kier alpha value is -3.19. The van der Waals surface area contributed by atoms with Gasteiger partial charge in [-0.3, -0.25) is 14.5 Å². The van der Waals surface area contributed by atoms with Crippen molar-refractivity contribution in [2.24, 2.45) is 0 Å². The summed E-state index contributed by atoms with van der Waals surface area (Å²) in [6.45, 7) is 5.08. The van der Waals surface area contributed by atoms with Crippen molar-refractivity contribution in [3.63, 3.8) is 0 Å². The van der Waals surface area contributed by atoms with Crippen LogP contribution >= 0.6 is 0 Å². The standard InChI is InChI=1S/C22H26N4O3/c1-17(27)19-8-5-9-20(14-19)24-21(28)15-23-22(29)26-12-10-25(11-13-26)16-18-6-3-2-4-7-18/h2-9,14H,10-13,15-16H2,1H3,(H,23,29)(H,24,28). The van der Waals surface area contributed by atoms with Crippen molar-refractivity contribution in [1.29, 1.82) is 0 Å². The number of anilines is 1. The number of carbonyl (C=O) groups excluding carboxylic acids is 3. The number of carbonyl (C=O) groups is 3. The molecule has 152 valence electrons. The summed E-state index contributed by atoms with van der Waals surface area (Å²) >= 11 is 0. The Kier molecular flexibility index (Phi) is 6.97. The number of hydrogen-bond donors (Lipinski definition) is 2. The number of urea groups is 1. The maximum atomic E-state index is 12.3. The molecule has 0 aromatic heterocycles. The van der Waals surface area contributed by atoms with E-state index in [0.29, 0.717) is 24.3 Å². The Balaban J connectivity index is 1.40. The predicted octanol–water partition coefficient (Wildman–Crippen LogP) is 2.36. The molecule has 1 saturated heterocycles. The quantitative estimate of drug-likeness (QED) is 0.737. The van der Waals surface area contributed by atoms with Gasteiger partial charge in [0.25, 0.3) is 0 Å². The van der Waals surface area contributed by atoms with Gasteiger partial charge in [0.05, 0.1) is 6.54 Å². The number of rotatable bonds is 6. The van der Waals surface area contributed by atoms with Gasteiger partial charge in [0.2, 0.25) is 5.91 Å². The van der Waals surface area contributed by atoms with Gasteiger partial charge in [-0.2, -0.15) is 0 Å². The van der Waals surface area contributed by atoms with E-state index < -0.39 is 0 Å². The molecule has 29 heavy (non-hydrogen) atoms. The maximum Gasteiger partial charge on any atom is 0.317 e. The van der Waals surface area contributed by atoms with Gasteiger partial charge in [-0.15, -0.1) is 0 Å². The first-order valence-electron chi connectivity index (χ1n) is 9.71. The molecular weight excluding hydrogens is 368 g/mol. The van der Waals surface area contributed by atoms with Crippen LogP contribution < -0.4 is 10.6 Å². The highest BCUT2D eigenvalue weighted by molar-refractivity contribution is 5.98. The molecule has 2 aromatic rings.